The van der Waals surface area contributed by atoms with E-state index in [9.17, 15) is 0 Å². The molecule has 5 heteroatoms. The SMILES string of the molecule is c1ccc2c(c1)Sc1cc(-c3ccc4sc5ccccc5c4c3)ccc1[Si]2(c1ccc(-n2c3ccccc3c3ccccc32)cc1)c1ccc2c(c1)oc1ccccc12. The predicted octanol–water partition coefficient (Wildman–Crippen LogP) is 12.6. The highest BCUT2D eigenvalue weighted by Crippen LogP contribution is 2.40. The van der Waals surface area contributed by atoms with E-state index in [1.807, 2.05) is 23.1 Å². The number of fused-ring (bicyclic) bond motifs is 11. The summed E-state index contributed by atoms with van der Waals surface area (Å²) in [5.74, 6) is 0. The molecular weight excluding hydrogens is 771 g/mol. The van der Waals surface area contributed by atoms with Gasteiger partial charge in [0.25, 0.3) is 0 Å². The van der Waals surface area contributed by atoms with Crippen molar-refractivity contribution in [2.75, 3.05) is 0 Å². The minimum absolute atomic E-state index is 0.922. The monoisotopic (exact) mass is 803 g/mol. The van der Waals surface area contributed by atoms with Crippen molar-refractivity contribution in [3.63, 3.8) is 0 Å². The van der Waals surface area contributed by atoms with Crippen LogP contribution < -0.4 is 20.7 Å². The lowest BCUT2D eigenvalue weighted by molar-refractivity contribution is 0.669. The Bertz CT molecular complexity index is 3620. The number of rotatable bonds is 4. The summed E-state index contributed by atoms with van der Waals surface area (Å²) in [5, 5.41) is 13.0. The Hall–Kier alpha value is -6.63. The van der Waals surface area contributed by atoms with E-state index >= 15 is 0 Å². The molecule has 12 aromatic rings. The van der Waals surface area contributed by atoms with Gasteiger partial charge in [-0.2, -0.15) is 0 Å². The topological polar surface area (TPSA) is 18.1 Å². The van der Waals surface area contributed by atoms with E-state index in [0.29, 0.717) is 0 Å². The molecule has 0 radical (unpaired) electrons. The molecule has 1 unspecified atom stereocenters. The first kappa shape index (κ1) is 33.4. The zero-order valence-corrected chi connectivity index (χ0v) is 34.4. The molecule has 59 heavy (non-hydrogen) atoms. The molecule has 0 saturated carbocycles. The van der Waals surface area contributed by atoms with Crippen LogP contribution in [0.2, 0.25) is 0 Å². The Labute approximate surface area is 349 Å². The fraction of sp³-hybridized carbons (Fsp3) is 0. The molecule has 1 aliphatic rings. The highest BCUT2D eigenvalue weighted by atomic mass is 32.2. The minimum Gasteiger partial charge on any atom is -0.456 e. The van der Waals surface area contributed by atoms with Crippen molar-refractivity contribution in [1.29, 1.82) is 0 Å². The molecule has 1 aliphatic heterocycles. The van der Waals surface area contributed by atoms with Gasteiger partial charge in [-0.25, -0.2) is 0 Å². The molecule has 0 N–H and O–H groups in total. The molecule has 0 amide bonds. The lowest BCUT2D eigenvalue weighted by atomic mass is 10.0. The number of thiophene rings is 1. The van der Waals surface area contributed by atoms with Crippen molar-refractivity contribution in [3.8, 4) is 16.8 Å². The molecule has 2 nitrogen and oxygen atoms in total. The van der Waals surface area contributed by atoms with E-state index in [1.54, 1.807) is 0 Å². The quantitative estimate of drug-likeness (QED) is 0.165. The van der Waals surface area contributed by atoms with Gasteiger partial charge < -0.3 is 8.98 Å². The molecule has 0 aliphatic carbocycles. The second-order valence-electron chi connectivity index (χ2n) is 15.6. The molecule has 276 valence electrons. The normalized spacial score (nSPS) is 15.1. The third-order valence-corrected chi connectivity index (χ3v) is 20.1. The Morgan fingerprint density at radius 3 is 1.83 bits per heavy atom. The van der Waals surface area contributed by atoms with Crippen molar-refractivity contribution in [3.05, 3.63) is 200 Å². The number of para-hydroxylation sites is 3. The van der Waals surface area contributed by atoms with Gasteiger partial charge in [0.15, 0.2) is 8.07 Å². The standard InChI is InChI=1S/C54H33NOS2Si/c1-5-15-45-39(11-1)40-12-2-6-16-46(40)55(45)36-23-25-37(26-24-36)59(38-27-28-42-41-13-3-7-17-47(41)56-48(42)33-38)53-20-10-9-19-51(53)58-52-32-35(22-30-54(52)59)34-21-29-50-44(31-34)43-14-4-8-18-49(43)57-50/h1-33H. The maximum atomic E-state index is 6.64. The van der Waals surface area contributed by atoms with Gasteiger partial charge in [-0.05, 0) is 98.6 Å². The average Bonchev–Trinajstić information content (AvgIpc) is 3.97. The fourth-order valence-corrected chi connectivity index (χ4v) is 18.0. The van der Waals surface area contributed by atoms with Crippen LogP contribution in [0.5, 0.6) is 0 Å². The third-order valence-electron chi connectivity index (χ3n) is 12.6. The molecule has 9 aromatic carbocycles. The molecule has 13 rings (SSSR count). The van der Waals surface area contributed by atoms with Crippen molar-refractivity contribution < 1.29 is 4.42 Å². The number of hydrogen-bond acceptors (Lipinski definition) is 3. The number of nitrogens with zero attached hydrogens (tertiary/aromatic N) is 1. The molecular formula is C54H33NOS2Si. The zero-order valence-electron chi connectivity index (χ0n) is 31.7. The summed E-state index contributed by atoms with van der Waals surface area (Å²) >= 11 is 3.78. The van der Waals surface area contributed by atoms with Crippen LogP contribution in [-0.4, -0.2) is 12.6 Å². The molecule has 0 bridgehead atoms. The summed E-state index contributed by atoms with van der Waals surface area (Å²) in [7, 11) is -2.94. The van der Waals surface area contributed by atoms with E-state index in [-0.39, 0.29) is 0 Å². The van der Waals surface area contributed by atoms with E-state index in [4.69, 9.17) is 4.42 Å². The van der Waals surface area contributed by atoms with Gasteiger partial charge in [0.1, 0.15) is 11.2 Å². The second-order valence-corrected chi connectivity index (χ2v) is 21.5. The number of hydrogen-bond donors (Lipinski definition) is 0. The van der Waals surface area contributed by atoms with Crippen LogP contribution in [-0.2, 0) is 0 Å². The van der Waals surface area contributed by atoms with Crippen LogP contribution in [0.1, 0.15) is 0 Å². The van der Waals surface area contributed by atoms with Crippen LogP contribution in [0.15, 0.2) is 214 Å². The summed E-state index contributed by atoms with van der Waals surface area (Å²) < 4.78 is 11.7. The van der Waals surface area contributed by atoms with Crippen molar-refractivity contribution in [2.24, 2.45) is 0 Å². The largest absolute Gasteiger partial charge is 0.456 e. The van der Waals surface area contributed by atoms with Crippen LogP contribution in [0, 0.1) is 0 Å². The average molecular weight is 804 g/mol. The second kappa shape index (κ2) is 12.7. The van der Waals surface area contributed by atoms with E-state index < -0.39 is 8.07 Å². The summed E-state index contributed by atoms with van der Waals surface area (Å²) in [4.78, 5) is 2.64. The number of benzene rings is 9. The molecule has 0 fully saturated rings. The van der Waals surface area contributed by atoms with Crippen molar-refractivity contribution >= 4 is 116 Å². The van der Waals surface area contributed by atoms with E-state index in [1.165, 1.54) is 83.6 Å². The van der Waals surface area contributed by atoms with Gasteiger partial charge in [0.05, 0.1) is 11.0 Å². The molecule has 1 atom stereocenters. The van der Waals surface area contributed by atoms with Crippen LogP contribution in [0.4, 0.5) is 0 Å². The summed E-state index contributed by atoms with van der Waals surface area (Å²) in [6, 6.07) is 74.7. The van der Waals surface area contributed by atoms with Gasteiger partial charge in [-0.1, -0.05) is 145 Å². The minimum atomic E-state index is -2.94. The summed E-state index contributed by atoms with van der Waals surface area (Å²) in [6.45, 7) is 0. The van der Waals surface area contributed by atoms with Gasteiger partial charge >= 0.3 is 0 Å². The first-order valence-corrected chi connectivity index (χ1v) is 23.7. The van der Waals surface area contributed by atoms with Crippen LogP contribution >= 0.6 is 23.1 Å². The summed E-state index contributed by atoms with van der Waals surface area (Å²) in [5.41, 5.74) is 7.94. The fourth-order valence-electron chi connectivity index (χ4n) is 9.94. The molecule has 3 aromatic heterocycles. The summed E-state index contributed by atoms with van der Waals surface area (Å²) in [6.07, 6.45) is 0. The Kier molecular flexibility index (Phi) is 7.17. The Balaban J connectivity index is 1.06. The van der Waals surface area contributed by atoms with E-state index in [0.717, 1.165) is 27.6 Å². The number of aromatic nitrogens is 1. The first-order chi connectivity index (χ1) is 29.2. The van der Waals surface area contributed by atoms with Gasteiger partial charge in [0.2, 0.25) is 0 Å². The highest BCUT2D eigenvalue weighted by Gasteiger charge is 2.47. The molecule has 0 spiro atoms. The Morgan fingerprint density at radius 2 is 1.00 bits per heavy atom. The lowest BCUT2D eigenvalue weighted by Gasteiger charge is -2.40. The van der Waals surface area contributed by atoms with Crippen molar-refractivity contribution in [1.82, 2.24) is 4.57 Å². The maximum Gasteiger partial charge on any atom is 0.182 e. The van der Waals surface area contributed by atoms with Crippen molar-refractivity contribution in [2.45, 2.75) is 9.79 Å². The maximum absolute atomic E-state index is 6.64. The van der Waals surface area contributed by atoms with Crippen LogP contribution in [0.25, 0.3) is 80.7 Å². The molecule has 0 saturated heterocycles. The van der Waals surface area contributed by atoms with E-state index in [2.05, 4.69) is 205 Å². The van der Waals surface area contributed by atoms with Gasteiger partial charge in [-0.15, -0.1) is 11.3 Å². The molecule has 4 heterocycles. The number of furan rings is 1. The van der Waals surface area contributed by atoms with Gasteiger partial charge in [0, 0.05) is 57.2 Å². The first-order valence-electron chi connectivity index (χ1n) is 20.1. The lowest BCUT2D eigenvalue weighted by Crippen LogP contribution is -2.76. The predicted molar refractivity (Wildman–Crippen MR) is 254 cm³/mol. The highest BCUT2D eigenvalue weighted by molar-refractivity contribution is 8.00. The smallest absolute Gasteiger partial charge is 0.182 e. The van der Waals surface area contributed by atoms with Gasteiger partial charge in [-0.3, -0.25) is 0 Å². The Morgan fingerprint density at radius 1 is 0.390 bits per heavy atom. The zero-order chi connectivity index (χ0) is 38.7. The van der Waals surface area contributed by atoms with Crippen LogP contribution in [0.3, 0.4) is 0 Å². The third kappa shape index (κ3) is 4.81.